The molecule has 0 heterocycles. The molecule has 124 valence electrons. The van der Waals surface area contributed by atoms with Gasteiger partial charge in [0.25, 0.3) is 5.91 Å². The van der Waals surface area contributed by atoms with Crippen LogP contribution in [-0.4, -0.2) is 18.0 Å². The zero-order chi connectivity index (χ0) is 17.5. The lowest BCUT2D eigenvalue weighted by molar-refractivity contribution is -0.148. The second-order valence-corrected chi connectivity index (χ2v) is 5.29. The molecule has 0 aromatic heterocycles. The van der Waals surface area contributed by atoms with Gasteiger partial charge in [-0.2, -0.15) is 0 Å². The van der Waals surface area contributed by atoms with Gasteiger partial charge in [0.1, 0.15) is 5.82 Å². The number of esters is 1. The van der Waals surface area contributed by atoms with Crippen molar-refractivity contribution in [3.63, 3.8) is 0 Å². The van der Waals surface area contributed by atoms with Gasteiger partial charge in [0, 0.05) is 17.3 Å². The van der Waals surface area contributed by atoms with Crippen LogP contribution in [0.15, 0.2) is 54.6 Å². The van der Waals surface area contributed by atoms with E-state index in [1.807, 2.05) is 19.1 Å². The molecule has 1 atom stereocenters. The Hall–Kier alpha value is -2.95. The molecule has 0 saturated carbocycles. The summed E-state index contributed by atoms with van der Waals surface area (Å²) >= 11 is 0. The van der Waals surface area contributed by atoms with Crippen LogP contribution < -0.4 is 5.32 Å². The molecule has 0 radical (unpaired) electrons. The van der Waals surface area contributed by atoms with Crippen molar-refractivity contribution in [1.29, 1.82) is 0 Å². The van der Waals surface area contributed by atoms with E-state index in [9.17, 15) is 14.0 Å². The number of halogens is 1. The van der Waals surface area contributed by atoms with Crippen molar-refractivity contribution in [2.75, 3.05) is 5.32 Å². The Labute approximate surface area is 140 Å². The maximum absolute atomic E-state index is 13.4. The fourth-order valence-electron chi connectivity index (χ4n) is 1.92. The van der Waals surface area contributed by atoms with Crippen molar-refractivity contribution in [1.82, 2.24) is 0 Å². The van der Waals surface area contributed by atoms with Gasteiger partial charge < -0.3 is 10.1 Å². The fraction of sp³-hybridized carbons (Fsp3) is 0.158. The Bertz CT molecular complexity index is 753. The number of anilines is 1. The maximum Gasteiger partial charge on any atom is 0.331 e. The SMILES string of the molecule is Cc1ccc(NC(=O)[C@H](C)OC(=O)/C=C/c2ccccc2F)cc1. The maximum atomic E-state index is 13.4. The Kier molecular flexibility index (Phi) is 5.84. The minimum absolute atomic E-state index is 0.270. The molecule has 0 aliphatic heterocycles. The van der Waals surface area contributed by atoms with Crippen molar-refractivity contribution >= 4 is 23.6 Å². The Morgan fingerprint density at radius 2 is 1.79 bits per heavy atom. The summed E-state index contributed by atoms with van der Waals surface area (Å²) in [7, 11) is 0. The predicted octanol–water partition coefficient (Wildman–Crippen LogP) is 3.72. The normalized spacial score (nSPS) is 12.0. The van der Waals surface area contributed by atoms with Gasteiger partial charge in [-0.15, -0.1) is 0 Å². The van der Waals surface area contributed by atoms with Crippen molar-refractivity contribution in [3.05, 3.63) is 71.6 Å². The van der Waals surface area contributed by atoms with Gasteiger partial charge in [-0.3, -0.25) is 4.79 Å². The van der Waals surface area contributed by atoms with Gasteiger partial charge in [0.05, 0.1) is 0 Å². The zero-order valence-corrected chi connectivity index (χ0v) is 13.5. The molecule has 0 saturated heterocycles. The van der Waals surface area contributed by atoms with Gasteiger partial charge in [0.2, 0.25) is 0 Å². The third-order valence-electron chi connectivity index (χ3n) is 3.29. The molecular weight excluding hydrogens is 309 g/mol. The highest BCUT2D eigenvalue weighted by molar-refractivity contribution is 5.96. The molecule has 0 aliphatic carbocycles. The molecule has 0 bridgehead atoms. The van der Waals surface area contributed by atoms with E-state index in [4.69, 9.17) is 4.74 Å². The first-order valence-electron chi connectivity index (χ1n) is 7.46. The van der Waals surface area contributed by atoms with Gasteiger partial charge in [-0.25, -0.2) is 9.18 Å². The highest BCUT2D eigenvalue weighted by atomic mass is 19.1. The van der Waals surface area contributed by atoms with Crippen molar-refractivity contribution in [2.45, 2.75) is 20.0 Å². The number of carbonyl (C=O) groups excluding carboxylic acids is 2. The summed E-state index contributed by atoms with van der Waals surface area (Å²) in [5.74, 6) is -1.59. The van der Waals surface area contributed by atoms with Crippen LogP contribution >= 0.6 is 0 Å². The van der Waals surface area contributed by atoms with E-state index in [0.29, 0.717) is 5.69 Å². The molecule has 1 N–H and O–H groups in total. The number of carbonyl (C=O) groups is 2. The Morgan fingerprint density at radius 3 is 2.46 bits per heavy atom. The monoisotopic (exact) mass is 327 g/mol. The van der Waals surface area contributed by atoms with E-state index >= 15 is 0 Å². The number of aryl methyl sites for hydroxylation is 1. The van der Waals surface area contributed by atoms with E-state index < -0.39 is 23.8 Å². The highest BCUT2D eigenvalue weighted by Gasteiger charge is 2.16. The lowest BCUT2D eigenvalue weighted by Crippen LogP contribution is -2.29. The second-order valence-electron chi connectivity index (χ2n) is 5.29. The molecule has 5 heteroatoms. The van der Waals surface area contributed by atoms with Gasteiger partial charge in [-0.1, -0.05) is 35.9 Å². The van der Waals surface area contributed by atoms with Crippen LogP contribution in [0.2, 0.25) is 0 Å². The molecule has 1 amide bonds. The van der Waals surface area contributed by atoms with Crippen LogP contribution in [0.4, 0.5) is 10.1 Å². The third-order valence-corrected chi connectivity index (χ3v) is 3.29. The number of nitrogens with one attached hydrogen (secondary N) is 1. The van der Waals surface area contributed by atoms with Crippen LogP contribution in [0.3, 0.4) is 0 Å². The number of hydrogen-bond acceptors (Lipinski definition) is 3. The van der Waals surface area contributed by atoms with Crippen LogP contribution in [-0.2, 0) is 14.3 Å². The molecule has 0 aliphatic rings. The fourth-order valence-corrected chi connectivity index (χ4v) is 1.92. The number of benzene rings is 2. The van der Waals surface area contributed by atoms with Crippen LogP contribution in [0.1, 0.15) is 18.1 Å². The molecule has 2 aromatic carbocycles. The average Bonchev–Trinajstić information content (AvgIpc) is 2.56. The van der Waals surface area contributed by atoms with E-state index in [1.54, 1.807) is 24.3 Å². The zero-order valence-electron chi connectivity index (χ0n) is 13.5. The van der Waals surface area contributed by atoms with Crippen LogP contribution in [0.5, 0.6) is 0 Å². The van der Waals surface area contributed by atoms with E-state index in [2.05, 4.69) is 5.32 Å². The van der Waals surface area contributed by atoms with E-state index in [0.717, 1.165) is 11.6 Å². The van der Waals surface area contributed by atoms with Gasteiger partial charge >= 0.3 is 5.97 Å². The Balaban J connectivity index is 1.90. The van der Waals surface area contributed by atoms with Gasteiger partial charge in [-0.05, 0) is 38.1 Å². The summed E-state index contributed by atoms with van der Waals surface area (Å²) in [6.45, 7) is 3.41. The molecule has 2 rings (SSSR count). The molecular formula is C19H18FNO3. The lowest BCUT2D eigenvalue weighted by Gasteiger charge is -2.12. The van der Waals surface area contributed by atoms with Crippen LogP contribution in [0.25, 0.3) is 6.08 Å². The number of ether oxygens (including phenoxy) is 1. The number of rotatable bonds is 5. The summed E-state index contributed by atoms with van der Waals surface area (Å²) in [6.07, 6.45) is 1.43. The average molecular weight is 327 g/mol. The quantitative estimate of drug-likeness (QED) is 0.673. The second kappa shape index (κ2) is 8.06. The third kappa shape index (κ3) is 5.05. The summed E-state index contributed by atoms with van der Waals surface area (Å²) in [5, 5.41) is 2.66. The molecule has 24 heavy (non-hydrogen) atoms. The molecule has 0 spiro atoms. The number of amides is 1. The standard InChI is InChI=1S/C19H18FNO3/c1-13-7-10-16(11-8-13)21-19(23)14(2)24-18(22)12-9-15-5-3-4-6-17(15)20/h3-12,14H,1-2H3,(H,21,23)/b12-9+/t14-/m0/s1. The number of hydrogen-bond donors (Lipinski definition) is 1. The summed E-state index contributed by atoms with van der Waals surface area (Å²) in [4.78, 5) is 23.7. The highest BCUT2D eigenvalue weighted by Crippen LogP contribution is 2.11. The molecule has 2 aromatic rings. The lowest BCUT2D eigenvalue weighted by atomic mass is 10.2. The van der Waals surface area contributed by atoms with E-state index in [-0.39, 0.29) is 5.56 Å². The largest absolute Gasteiger partial charge is 0.449 e. The predicted molar refractivity (Wildman–Crippen MR) is 90.8 cm³/mol. The minimum Gasteiger partial charge on any atom is -0.449 e. The van der Waals surface area contributed by atoms with E-state index in [1.165, 1.54) is 25.1 Å². The topological polar surface area (TPSA) is 55.4 Å². The summed E-state index contributed by atoms with van der Waals surface area (Å²) < 4.78 is 18.4. The summed E-state index contributed by atoms with van der Waals surface area (Å²) in [5.41, 5.74) is 1.97. The molecule has 0 unspecified atom stereocenters. The van der Waals surface area contributed by atoms with Crippen molar-refractivity contribution in [3.8, 4) is 0 Å². The Morgan fingerprint density at radius 1 is 1.12 bits per heavy atom. The van der Waals surface area contributed by atoms with Crippen molar-refractivity contribution < 1.29 is 18.7 Å². The smallest absolute Gasteiger partial charge is 0.331 e. The first-order chi connectivity index (χ1) is 11.5. The van der Waals surface area contributed by atoms with Crippen LogP contribution in [0, 0.1) is 12.7 Å². The molecule has 4 nitrogen and oxygen atoms in total. The molecule has 0 fully saturated rings. The van der Waals surface area contributed by atoms with Gasteiger partial charge in [0.15, 0.2) is 6.10 Å². The first kappa shape index (κ1) is 17.4. The minimum atomic E-state index is -0.968. The first-order valence-corrected chi connectivity index (χ1v) is 7.46. The summed E-state index contributed by atoms with van der Waals surface area (Å²) in [6, 6.07) is 13.3. The van der Waals surface area contributed by atoms with Crippen molar-refractivity contribution in [2.24, 2.45) is 0 Å².